The number of anilines is 1. The summed E-state index contributed by atoms with van der Waals surface area (Å²) in [6.07, 6.45) is 0. The fourth-order valence-electron chi connectivity index (χ4n) is 4.04. The molecule has 0 saturated heterocycles. The van der Waals surface area contributed by atoms with Crippen LogP contribution in [0.5, 0.6) is 5.75 Å². The molecule has 166 valence electrons. The van der Waals surface area contributed by atoms with Gasteiger partial charge in [0.2, 0.25) is 0 Å². The molecule has 32 heavy (non-hydrogen) atoms. The maximum atomic E-state index is 13.3. The van der Waals surface area contributed by atoms with Crippen LogP contribution in [0.4, 0.5) is 10.1 Å². The van der Waals surface area contributed by atoms with E-state index in [-0.39, 0.29) is 12.4 Å². The third kappa shape index (κ3) is 4.75. The lowest BCUT2D eigenvalue weighted by Crippen LogP contribution is -2.16. The predicted molar refractivity (Wildman–Crippen MR) is 127 cm³/mol. The van der Waals surface area contributed by atoms with Gasteiger partial charge >= 0.3 is 5.97 Å². The smallest absolute Gasteiger partial charge is 0.341 e. The molecule has 0 saturated carbocycles. The number of hydrogen-bond acceptors (Lipinski definition) is 4. The van der Waals surface area contributed by atoms with E-state index >= 15 is 0 Å². The normalized spacial score (nSPS) is 15.2. The number of carbonyl (C=O) groups is 1. The lowest BCUT2D eigenvalue weighted by Gasteiger charge is -2.20. The lowest BCUT2D eigenvalue weighted by atomic mass is 9.88. The highest BCUT2D eigenvalue weighted by Crippen LogP contribution is 2.46. The summed E-state index contributed by atoms with van der Waals surface area (Å²) in [5, 5.41) is 8.82. The van der Waals surface area contributed by atoms with Crippen LogP contribution in [0.25, 0.3) is 11.1 Å². The van der Waals surface area contributed by atoms with Gasteiger partial charge in [0.1, 0.15) is 11.6 Å². The molecule has 1 heterocycles. The number of hydrogen-bond donors (Lipinski definition) is 1. The Bertz CT molecular complexity index is 1130. The number of halogens is 1. The van der Waals surface area contributed by atoms with Crippen LogP contribution in [0, 0.1) is 18.7 Å². The van der Waals surface area contributed by atoms with Crippen molar-refractivity contribution in [3.8, 4) is 16.9 Å². The third-order valence-electron chi connectivity index (χ3n) is 5.75. The van der Waals surface area contributed by atoms with Gasteiger partial charge in [-0.05, 0) is 89.5 Å². The second-order valence-electron chi connectivity index (χ2n) is 8.39. The zero-order valence-electron chi connectivity index (χ0n) is 18.3. The Morgan fingerprint density at radius 1 is 1.12 bits per heavy atom. The van der Waals surface area contributed by atoms with Gasteiger partial charge in [0, 0.05) is 17.4 Å². The summed E-state index contributed by atoms with van der Waals surface area (Å²) in [5.41, 5.74) is 5.52. The van der Waals surface area contributed by atoms with Crippen LogP contribution >= 0.6 is 11.9 Å². The maximum Gasteiger partial charge on any atom is 0.341 e. The Morgan fingerprint density at radius 3 is 2.50 bits per heavy atom. The highest BCUT2D eigenvalue weighted by atomic mass is 32.2. The van der Waals surface area contributed by atoms with E-state index in [0.717, 1.165) is 28.1 Å². The zero-order chi connectivity index (χ0) is 22.8. The van der Waals surface area contributed by atoms with Crippen molar-refractivity contribution in [2.45, 2.75) is 31.6 Å². The van der Waals surface area contributed by atoms with Gasteiger partial charge in [0.05, 0.1) is 5.69 Å². The summed E-state index contributed by atoms with van der Waals surface area (Å²) in [4.78, 5) is 11.8. The molecule has 0 bridgehead atoms. The molecule has 4 nitrogen and oxygen atoms in total. The molecule has 3 aromatic carbocycles. The average Bonchev–Trinajstić information content (AvgIpc) is 3.11. The molecule has 0 spiro atoms. The monoisotopic (exact) mass is 451 g/mol. The molecular formula is C26H26FNO3S. The first-order valence-electron chi connectivity index (χ1n) is 10.6. The van der Waals surface area contributed by atoms with Gasteiger partial charge in [-0.3, -0.25) is 0 Å². The van der Waals surface area contributed by atoms with E-state index in [1.54, 1.807) is 11.9 Å². The van der Waals surface area contributed by atoms with Crippen LogP contribution in [-0.2, 0) is 4.79 Å². The van der Waals surface area contributed by atoms with Gasteiger partial charge in [-0.2, -0.15) is 0 Å². The number of rotatable bonds is 7. The Kier molecular flexibility index (Phi) is 6.42. The summed E-state index contributed by atoms with van der Waals surface area (Å²) in [6, 6.07) is 18.9. The first-order chi connectivity index (χ1) is 15.3. The molecule has 3 aromatic rings. The third-order valence-corrected chi connectivity index (χ3v) is 6.78. The molecule has 4 rings (SSSR count). The molecular weight excluding hydrogens is 425 g/mol. The number of carboxylic acid groups (broad SMARTS) is 1. The van der Waals surface area contributed by atoms with E-state index in [4.69, 9.17) is 9.84 Å². The van der Waals surface area contributed by atoms with Crippen molar-refractivity contribution in [3.63, 3.8) is 0 Å². The van der Waals surface area contributed by atoms with E-state index in [1.165, 1.54) is 23.4 Å². The second kappa shape index (κ2) is 9.25. The first-order valence-corrected chi connectivity index (χ1v) is 11.4. The predicted octanol–water partition coefficient (Wildman–Crippen LogP) is 6.53. The molecule has 0 fully saturated rings. The van der Waals surface area contributed by atoms with Gasteiger partial charge in [-0.1, -0.05) is 32.0 Å². The Labute approximate surface area is 192 Å². The van der Waals surface area contributed by atoms with Crippen LogP contribution in [0.3, 0.4) is 0 Å². The number of ether oxygens (including phenoxy) is 1. The number of carboxylic acids is 1. The van der Waals surface area contributed by atoms with E-state index in [1.807, 2.05) is 37.3 Å². The van der Waals surface area contributed by atoms with Crippen molar-refractivity contribution in [2.24, 2.45) is 5.92 Å². The lowest BCUT2D eigenvalue weighted by molar-refractivity contribution is -0.139. The molecule has 1 unspecified atom stereocenters. The van der Waals surface area contributed by atoms with Crippen LogP contribution in [0.15, 0.2) is 65.6 Å². The summed E-state index contributed by atoms with van der Waals surface area (Å²) in [7, 11) is 0. The van der Waals surface area contributed by atoms with Crippen LogP contribution in [-0.4, -0.2) is 24.2 Å². The molecule has 6 heteroatoms. The van der Waals surface area contributed by atoms with Crippen molar-refractivity contribution in [2.75, 3.05) is 17.5 Å². The number of aliphatic carboxylic acids is 1. The first kappa shape index (κ1) is 22.2. The van der Waals surface area contributed by atoms with Gasteiger partial charge in [-0.25, -0.2) is 9.18 Å². The second-order valence-corrected chi connectivity index (χ2v) is 9.49. The van der Waals surface area contributed by atoms with Crippen molar-refractivity contribution in [1.29, 1.82) is 0 Å². The highest BCUT2D eigenvalue weighted by Gasteiger charge is 2.31. The molecule has 1 atom stereocenters. The van der Waals surface area contributed by atoms with Crippen LogP contribution < -0.4 is 9.04 Å². The van der Waals surface area contributed by atoms with Gasteiger partial charge in [0.25, 0.3) is 0 Å². The minimum atomic E-state index is -0.990. The fraction of sp³-hybridized carbons (Fsp3) is 0.269. The molecule has 0 aromatic heterocycles. The molecule has 0 radical (unpaired) electrons. The molecule has 0 aliphatic carbocycles. The Morgan fingerprint density at radius 2 is 1.84 bits per heavy atom. The standard InChI is InChI=1S/C26H26FNO3S/c1-16(2)23-14-28(32-21-9-11-25(17(3)12-21)31-15-26(29)30)24-10-6-19(13-22(23)24)18-4-7-20(27)8-5-18/h4-13,16,23H,14-15H2,1-3H3,(H,29,30). The highest BCUT2D eigenvalue weighted by molar-refractivity contribution is 8.00. The van der Waals surface area contributed by atoms with E-state index in [9.17, 15) is 9.18 Å². The maximum absolute atomic E-state index is 13.3. The van der Waals surface area contributed by atoms with E-state index < -0.39 is 5.97 Å². The minimum absolute atomic E-state index is 0.229. The summed E-state index contributed by atoms with van der Waals surface area (Å²) in [6.45, 7) is 6.96. The summed E-state index contributed by atoms with van der Waals surface area (Å²) < 4.78 is 21.0. The fourth-order valence-corrected chi connectivity index (χ4v) is 5.15. The summed E-state index contributed by atoms with van der Waals surface area (Å²) in [5.74, 6) is 0.250. The van der Waals surface area contributed by atoms with Crippen molar-refractivity contribution < 1.29 is 19.0 Å². The molecule has 1 aliphatic heterocycles. The van der Waals surface area contributed by atoms with E-state index in [2.05, 4.69) is 36.4 Å². The van der Waals surface area contributed by atoms with Gasteiger partial charge in [-0.15, -0.1) is 0 Å². The van der Waals surface area contributed by atoms with Crippen LogP contribution in [0.2, 0.25) is 0 Å². The molecule has 1 N–H and O–H groups in total. The Balaban J connectivity index is 1.59. The SMILES string of the molecule is Cc1cc(SN2CC(C(C)C)c3cc(-c4ccc(F)cc4)ccc32)ccc1OCC(=O)O. The quantitative estimate of drug-likeness (QED) is 0.414. The van der Waals surface area contributed by atoms with Gasteiger partial charge in [0.15, 0.2) is 6.61 Å². The molecule has 0 amide bonds. The largest absolute Gasteiger partial charge is 0.482 e. The molecule has 1 aliphatic rings. The van der Waals surface area contributed by atoms with Crippen molar-refractivity contribution >= 4 is 23.6 Å². The number of nitrogens with zero attached hydrogens (tertiary/aromatic N) is 1. The summed E-state index contributed by atoms with van der Waals surface area (Å²) >= 11 is 1.68. The number of aryl methyl sites for hydroxylation is 1. The van der Waals surface area contributed by atoms with Gasteiger partial charge < -0.3 is 14.1 Å². The van der Waals surface area contributed by atoms with E-state index in [0.29, 0.717) is 17.6 Å². The van der Waals surface area contributed by atoms with Crippen molar-refractivity contribution in [3.05, 3.63) is 77.6 Å². The minimum Gasteiger partial charge on any atom is -0.482 e. The number of benzene rings is 3. The van der Waals surface area contributed by atoms with Crippen molar-refractivity contribution in [1.82, 2.24) is 0 Å². The topological polar surface area (TPSA) is 49.8 Å². The number of fused-ring (bicyclic) bond motifs is 1. The Hall–Kier alpha value is -2.99. The van der Waals surface area contributed by atoms with Crippen LogP contribution in [0.1, 0.15) is 30.9 Å². The average molecular weight is 452 g/mol. The zero-order valence-corrected chi connectivity index (χ0v) is 19.2.